The van der Waals surface area contributed by atoms with E-state index in [1.54, 1.807) is 19.6 Å². The summed E-state index contributed by atoms with van der Waals surface area (Å²) in [5.41, 5.74) is 2.19. The zero-order valence-corrected chi connectivity index (χ0v) is 16.8. The fraction of sp³-hybridized carbons (Fsp3) is 0.500. The average molecular weight is 391 g/mol. The number of amides is 1. The number of rotatable bonds is 5. The van der Waals surface area contributed by atoms with Gasteiger partial charge in [0.05, 0.1) is 36.2 Å². The molecule has 1 amide bonds. The number of hydrogen-bond acceptors (Lipinski definition) is 5. The third kappa shape index (κ3) is 3.89. The van der Waals surface area contributed by atoms with Crippen LogP contribution in [0.3, 0.4) is 0 Å². The standard InChI is InChI=1S/C18H25N5O3S/c1-13(2)22-12-20-15-8-10-23(27(4,25)26)17(16(15)22)18(24)21(3)11-14-7-5-6-9-19-14/h5-7,9,12-13,17H,8,10-11H2,1-4H3. The minimum absolute atomic E-state index is 0.0668. The Hall–Kier alpha value is -2.26. The first-order chi connectivity index (χ1) is 12.7. The van der Waals surface area contributed by atoms with E-state index in [0.29, 0.717) is 18.7 Å². The maximum atomic E-state index is 13.3. The Balaban J connectivity index is 2.01. The van der Waals surface area contributed by atoms with Crippen molar-refractivity contribution in [1.82, 2.24) is 23.7 Å². The number of hydrogen-bond donors (Lipinski definition) is 0. The number of pyridine rings is 1. The van der Waals surface area contributed by atoms with Gasteiger partial charge in [-0.1, -0.05) is 6.07 Å². The van der Waals surface area contributed by atoms with Gasteiger partial charge >= 0.3 is 0 Å². The van der Waals surface area contributed by atoms with Gasteiger partial charge in [-0.2, -0.15) is 4.31 Å². The van der Waals surface area contributed by atoms with E-state index < -0.39 is 16.1 Å². The van der Waals surface area contributed by atoms with Gasteiger partial charge in [0.15, 0.2) is 0 Å². The number of carbonyl (C=O) groups excluding carboxylic acids is 1. The monoisotopic (exact) mass is 391 g/mol. The molecule has 2 aromatic heterocycles. The van der Waals surface area contributed by atoms with Crippen molar-refractivity contribution in [2.75, 3.05) is 19.8 Å². The molecule has 1 atom stereocenters. The van der Waals surface area contributed by atoms with Crippen LogP contribution < -0.4 is 0 Å². The molecule has 0 spiro atoms. The molecule has 1 aliphatic heterocycles. The van der Waals surface area contributed by atoms with Crippen molar-refractivity contribution in [1.29, 1.82) is 0 Å². The van der Waals surface area contributed by atoms with E-state index in [2.05, 4.69) is 9.97 Å². The molecule has 3 rings (SSSR count). The molecule has 0 radical (unpaired) electrons. The summed E-state index contributed by atoms with van der Waals surface area (Å²) in [7, 11) is -1.89. The fourth-order valence-electron chi connectivity index (χ4n) is 3.41. The van der Waals surface area contributed by atoms with Crippen LogP contribution in [0.2, 0.25) is 0 Å². The molecule has 0 saturated carbocycles. The molecule has 9 heteroatoms. The van der Waals surface area contributed by atoms with Crippen LogP contribution in [0, 0.1) is 0 Å². The summed E-state index contributed by atoms with van der Waals surface area (Å²) in [6, 6.07) is 4.66. The average Bonchev–Trinajstić information content (AvgIpc) is 3.04. The number of aromatic nitrogens is 3. The summed E-state index contributed by atoms with van der Waals surface area (Å²) in [5, 5.41) is 0. The van der Waals surface area contributed by atoms with E-state index in [-0.39, 0.29) is 18.5 Å². The first kappa shape index (κ1) is 19.5. The van der Waals surface area contributed by atoms with E-state index in [1.807, 2.05) is 36.6 Å². The van der Waals surface area contributed by atoms with Crippen LogP contribution in [0.5, 0.6) is 0 Å². The van der Waals surface area contributed by atoms with Crippen LogP contribution in [0.25, 0.3) is 0 Å². The summed E-state index contributed by atoms with van der Waals surface area (Å²) in [4.78, 5) is 23.6. The number of likely N-dealkylation sites (N-methyl/N-ethyl adjacent to an activating group) is 1. The third-order valence-corrected chi connectivity index (χ3v) is 5.99. The Bertz CT molecular complexity index is 924. The fourth-order valence-corrected chi connectivity index (χ4v) is 4.41. The highest BCUT2D eigenvalue weighted by atomic mass is 32.2. The normalized spacial score (nSPS) is 17.7. The Labute approximate surface area is 159 Å². The molecule has 27 heavy (non-hydrogen) atoms. The lowest BCUT2D eigenvalue weighted by atomic mass is 10.0. The summed E-state index contributed by atoms with van der Waals surface area (Å²) >= 11 is 0. The molecule has 0 aromatic carbocycles. The minimum atomic E-state index is -3.56. The Morgan fingerprint density at radius 1 is 1.33 bits per heavy atom. The molecule has 2 aromatic rings. The van der Waals surface area contributed by atoms with E-state index in [1.165, 1.54) is 9.21 Å². The second-order valence-electron chi connectivity index (χ2n) is 7.12. The van der Waals surface area contributed by atoms with Gasteiger partial charge in [-0.25, -0.2) is 13.4 Å². The largest absolute Gasteiger partial charge is 0.338 e. The maximum Gasteiger partial charge on any atom is 0.247 e. The molecule has 0 bridgehead atoms. The van der Waals surface area contributed by atoms with Crippen LogP contribution in [-0.4, -0.2) is 57.9 Å². The number of sulfonamides is 1. The number of carbonyl (C=O) groups is 1. The van der Waals surface area contributed by atoms with E-state index in [9.17, 15) is 13.2 Å². The highest BCUT2D eigenvalue weighted by molar-refractivity contribution is 7.88. The molecule has 0 fully saturated rings. The van der Waals surface area contributed by atoms with Gasteiger partial charge in [-0.15, -0.1) is 0 Å². The Morgan fingerprint density at radius 2 is 2.07 bits per heavy atom. The molecule has 3 heterocycles. The minimum Gasteiger partial charge on any atom is -0.338 e. The summed E-state index contributed by atoms with van der Waals surface area (Å²) in [5.74, 6) is -0.283. The van der Waals surface area contributed by atoms with Crippen molar-refractivity contribution in [2.24, 2.45) is 0 Å². The van der Waals surface area contributed by atoms with Gasteiger partial charge in [-0.05, 0) is 26.0 Å². The second-order valence-corrected chi connectivity index (χ2v) is 9.05. The first-order valence-electron chi connectivity index (χ1n) is 8.87. The molecule has 146 valence electrons. The smallest absolute Gasteiger partial charge is 0.247 e. The molecular formula is C18H25N5O3S. The van der Waals surface area contributed by atoms with Crippen molar-refractivity contribution in [3.05, 3.63) is 47.8 Å². The Morgan fingerprint density at radius 3 is 2.67 bits per heavy atom. The molecule has 1 aliphatic rings. The quantitative estimate of drug-likeness (QED) is 0.768. The van der Waals surface area contributed by atoms with Crippen LogP contribution in [0.1, 0.15) is 43.0 Å². The predicted octanol–water partition coefficient (Wildman–Crippen LogP) is 1.38. The number of fused-ring (bicyclic) bond motifs is 1. The van der Waals surface area contributed by atoms with Crippen LogP contribution in [0.15, 0.2) is 30.7 Å². The van der Waals surface area contributed by atoms with E-state index >= 15 is 0 Å². The molecular weight excluding hydrogens is 366 g/mol. The Kier molecular flexibility index (Phi) is 5.34. The number of nitrogens with zero attached hydrogens (tertiary/aromatic N) is 5. The van der Waals surface area contributed by atoms with Crippen molar-refractivity contribution in [2.45, 2.75) is 38.9 Å². The van der Waals surface area contributed by atoms with Crippen molar-refractivity contribution in [3.8, 4) is 0 Å². The molecule has 0 aliphatic carbocycles. The van der Waals surface area contributed by atoms with E-state index in [0.717, 1.165) is 17.6 Å². The zero-order chi connectivity index (χ0) is 19.8. The topological polar surface area (TPSA) is 88.4 Å². The first-order valence-corrected chi connectivity index (χ1v) is 10.7. The number of imidazole rings is 1. The van der Waals surface area contributed by atoms with Gasteiger partial charge in [0.2, 0.25) is 15.9 Å². The van der Waals surface area contributed by atoms with Gasteiger partial charge in [-0.3, -0.25) is 9.78 Å². The lowest BCUT2D eigenvalue weighted by Crippen LogP contribution is -2.48. The lowest BCUT2D eigenvalue weighted by Gasteiger charge is -2.36. The van der Waals surface area contributed by atoms with Gasteiger partial charge < -0.3 is 9.47 Å². The summed E-state index contributed by atoms with van der Waals surface area (Å²) in [6.07, 6.45) is 5.01. The van der Waals surface area contributed by atoms with Crippen molar-refractivity contribution < 1.29 is 13.2 Å². The van der Waals surface area contributed by atoms with Crippen molar-refractivity contribution in [3.63, 3.8) is 0 Å². The molecule has 8 nitrogen and oxygen atoms in total. The predicted molar refractivity (Wildman–Crippen MR) is 101 cm³/mol. The van der Waals surface area contributed by atoms with E-state index in [4.69, 9.17) is 0 Å². The van der Waals surface area contributed by atoms with Crippen LogP contribution in [0.4, 0.5) is 0 Å². The van der Waals surface area contributed by atoms with Crippen LogP contribution in [-0.2, 0) is 27.8 Å². The molecule has 0 N–H and O–H groups in total. The highest BCUT2D eigenvalue weighted by Crippen LogP contribution is 2.34. The second kappa shape index (κ2) is 7.40. The SMILES string of the molecule is CC(C)n1cnc2c1C(C(=O)N(C)Cc1ccccn1)N(S(C)(=O)=O)CC2. The molecule has 1 unspecified atom stereocenters. The van der Waals surface area contributed by atoms with Crippen molar-refractivity contribution >= 4 is 15.9 Å². The van der Waals surface area contributed by atoms with Gasteiger partial charge in [0.1, 0.15) is 6.04 Å². The lowest BCUT2D eigenvalue weighted by molar-refractivity contribution is -0.135. The highest BCUT2D eigenvalue weighted by Gasteiger charge is 2.42. The summed E-state index contributed by atoms with van der Waals surface area (Å²) < 4.78 is 28.0. The third-order valence-electron chi connectivity index (χ3n) is 4.75. The molecule has 0 saturated heterocycles. The maximum absolute atomic E-state index is 13.3. The zero-order valence-electron chi connectivity index (χ0n) is 16.0. The summed E-state index contributed by atoms with van der Waals surface area (Å²) in [6.45, 7) is 4.52. The van der Waals surface area contributed by atoms with Gasteiger partial charge in [0.25, 0.3) is 0 Å². The van der Waals surface area contributed by atoms with Crippen LogP contribution >= 0.6 is 0 Å². The van der Waals surface area contributed by atoms with Gasteiger partial charge in [0, 0.05) is 32.3 Å².